The van der Waals surface area contributed by atoms with Crippen LogP contribution in [0.15, 0.2) is 41.3 Å². The molecule has 4 heterocycles. The number of pyridine rings is 1. The van der Waals surface area contributed by atoms with Gasteiger partial charge in [0, 0.05) is 31.5 Å². The molecule has 8 heteroatoms. The lowest BCUT2D eigenvalue weighted by molar-refractivity contribution is 0.266. The predicted molar refractivity (Wildman–Crippen MR) is 99.7 cm³/mol. The second-order valence-corrected chi connectivity index (χ2v) is 6.97. The minimum atomic E-state index is 0.128. The van der Waals surface area contributed by atoms with Crippen molar-refractivity contribution < 1.29 is 5.11 Å². The van der Waals surface area contributed by atoms with Crippen molar-refractivity contribution in [2.45, 2.75) is 25.4 Å². The molecule has 1 aliphatic rings. The third-order valence-electron chi connectivity index (χ3n) is 4.49. The van der Waals surface area contributed by atoms with Gasteiger partial charge in [0.1, 0.15) is 11.6 Å². The molecule has 0 spiro atoms. The fraction of sp³-hybridized carbons (Fsp3) is 0.353. The number of halogens is 1. The largest absolute Gasteiger partial charge is 0.394 e. The molecule has 3 aromatic heterocycles. The first kappa shape index (κ1) is 16.3. The van der Waals surface area contributed by atoms with Crippen LogP contribution in [0.1, 0.15) is 18.4 Å². The number of nitrogens with zero attached hydrogens (tertiary/aromatic N) is 5. The van der Waals surface area contributed by atoms with Gasteiger partial charge in [-0.05, 0) is 40.4 Å². The number of fused-ring (bicyclic) bond motifs is 1. The molecule has 7 nitrogen and oxygen atoms in total. The van der Waals surface area contributed by atoms with E-state index in [-0.39, 0.29) is 12.6 Å². The Morgan fingerprint density at radius 1 is 1.36 bits per heavy atom. The molecule has 1 aliphatic heterocycles. The van der Waals surface area contributed by atoms with E-state index >= 15 is 0 Å². The summed E-state index contributed by atoms with van der Waals surface area (Å²) < 4.78 is 2.63. The summed E-state index contributed by atoms with van der Waals surface area (Å²) in [7, 11) is 0. The molecule has 0 bridgehead atoms. The number of anilines is 2. The van der Waals surface area contributed by atoms with E-state index in [1.165, 1.54) is 0 Å². The first-order valence-electron chi connectivity index (χ1n) is 8.31. The molecule has 1 fully saturated rings. The molecule has 25 heavy (non-hydrogen) atoms. The van der Waals surface area contributed by atoms with E-state index in [4.69, 9.17) is 4.98 Å². The van der Waals surface area contributed by atoms with Crippen molar-refractivity contribution in [3.05, 3.63) is 46.8 Å². The molecule has 0 amide bonds. The van der Waals surface area contributed by atoms with Gasteiger partial charge in [-0.25, -0.2) is 4.98 Å². The van der Waals surface area contributed by atoms with E-state index in [0.717, 1.165) is 46.7 Å². The fourth-order valence-corrected chi connectivity index (χ4v) is 3.57. The normalized spacial score (nSPS) is 17.4. The molecule has 0 aliphatic carbocycles. The average molecular weight is 403 g/mol. The van der Waals surface area contributed by atoms with Crippen LogP contribution in [0, 0.1) is 0 Å². The van der Waals surface area contributed by atoms with Crippen LogP contribution >= 0.6 is 15.9 Å². The van der Waals surface area contributed by atoms with Crippen LogP contribution in [-0.4, -0.2) is 43.9 Å². The maximum Gasteiger partial charge on any atom is 0.173 e. The first-order valence-corrected chi connectivity index (χ1v) is 9.10. The fourth-order valence-electron chi connectivity index (χ4n) is 3.22. The molecule has 1 atom stereocenters. The summed E-state index contributed by atoms with van der Waals surface area (Å²) in [6.07, 6.45) is 7.40. The third-order valence-corrected chi connectivity index (χ3v) is 5.05. The van der Waals surface area contributed by atoms with Crippen molar-refractivity contribution in [1.29, 1.82) is 0 Å². The number of rotatable bonds is 5. The highest BCUT2D eigenvalue weighted by molar-refractivity contribution is 9.10. The molecule has 0 unspecified atom stereocenters. The highest BCUT2D eigenvalue weighted by Gasteiger charge is 2.26. The number of hydrogen-bond donors (Lipinski definition) is 2. The number of hydrogen-bond acceptors (Lipinski definition) is 6. The predicted octanol–water partition coefficient (Wildman–Crippen LogP) is 2.46. The summed E-state index contributed by atoms with van der Waals surface area (Å²) >= 11 is 3.52. The van der Waals surface area contributed by atoms with Crippen molar-refractivity contribution in [3.63, 3.8) is 0 Å². The van der Waals surface area contributed by atoms with Crippen LogP contribution in [-0.2, 0) is 6.54 Å². The minimum Gasteiger partial charge on any atom is -0.394 e. The lowest BCUT2D eigenvalue weighted by Gasteiger charge is -2.25. The van der Waals surface area contributed by atoms with Gasteiger partial charge in [-0.1, -0.05) is 6.07 Å². The SMILES string of the molecule is OC[C@H]1CCCN1c1cc(NCc2cccnc2)n2ncc(Br)c2n1. The van der Waals surface area contributed by atoms with E-state index in [2.05, 4.69) is 36.2 Å². The lowest BCUT2D eigenvalue weighted by Crippen LogP contribution is -2.33. The highest BCUT2D eigenvalue weighted by Crippen LogP contribution is 2.29. The van der Waals surface area contributed by atoms with E-state index < -0.39 is 0 Å². The quantitative estimate of drug-likeness (QED) is 0.682. The number of nitrogens with one attached hydrogen (secondary N) is 1. The summed E-state index contributed by atoms with van der Waals surface area (Å²) in [5, 5.41) is 17.5. The summed E-state index contributed by atoms with van der Waals surface area (Å²) in [5.74, 6) is 1.72. The van der Waals surface area contributed by atoms with Crippen LogP contribution < -0.4 is 10.2 Å². The van der Waals surface area contributed by atoms with Gasteiger partial charge in [-0.2, -0.15) is 9.61 Å². The number of aliphatic hydroxyl groups is 1. The van der Waals surface area contributed by atoms with Gasteiger partial charge in [-0.15, -0.1) is 0 Å². The Balaban J connectivity index is 1.69. The van der Waals surface area contributed by atoms with Gasteiger partial charge in [-0.3, -0.25) is 4.98 Å². The first-order chi connectivity index (χ1) is 12.3. The Bertz CT molecular complexity index is 868. The van der Waals surface area contributed by atoms with E-state index in [9.17, 15) is 5.11 Å². The molecule has 1 saturated heterocycles. The minimum absolute atomic E-state index is 0.128. The van der Waals surface area contributed by atoms with Crippen LogP contribution in [0.4, 0.5) is 11.6 Å². The second kappa shape index (κ2) is 6.97. The zero-order valence-electron chi connectivity index (χ0n) is 13.6. The Morgan fingerprint density at radius 3 is 3.08 bits per heavy atom. The van der Waals surface area contributed by atoms with Crippen molar-refractivity contribution in [1.82, 2.24) is 19.6 Å². The van der Waals surface area contributed by atoms with Crippen LogP contribution in [0.5, 0.6) is 0 Å². The summed E-state index contributed by atoms with van der Waals surface area (Å²) in [5.41, 5.74) is 1.85. The topological polar surface area (TPSA) is 78.6 Å². The molecule has 0 radical (unpaired) electrons. The van der Waals surface area contributed by atoms with Gasteiger partial charge in [0.15, 0.2) is 5.65 Å². The zero-order valence-corrected chi connectivity index (χ0v) is 15.2. The van der Waals surface area contributed by atoms with Crippen LogP contribution in [0.2, 0.25) is 0 Å². The molecule has 3 aromatic rings. The summed E-state index contributed by atoms with van der Waals surface area (Å²) in [6, 6.07) is 6.07. The molecular formula is C17H19BrN6O. The van der Waals surface area contributed by atoms with Crippen molar-refractivity contribution >= 4 is 33.2 Å². The molecule has 0 aromatic carbocycles. The monoisotopic (exact) mass is 402 g/mol. The summed E-state index contributed by atoms with van der Waals surface area (Å²) in [4.78, 5) is 11.1. The highest BCUT2D eigenvalue weighted by atomic mass is 79.9. The smallest absolute Gasteiger partial charge is 0.173 e. The maximum atomic E-state index is 9.63. The molecule has 2 N–H and O–H groups in total. The molecule has 0 saturated carbocycles. The summed E-state index contributed by atoms with van der Waals surface area (Å²) in [6.45, 7) is 1.70. The Kier molecular flexibility index (Phi) is 4.54. The van der Waals surface area contributed by atoms with Crippen LogP contribution in [0.25, 0.3) is 5.65 Å². The van der Waals surface area contributed by atoms with Crippen molar-refractivity contribution in [2.75, 3.05) is 23.4 Å². The van der Waals surface area contributed by atoms with E-state index in [1.54, 1.807) is 16.9 Å². The third kappa shape index (κ3) is 3.19. The Morgan fingerprint density at radius 2 is 2.28 bits per heavy atom. The van der Waals surface area contributed by atoms with E-state index in [0.29, 0.717) is 6.54 Å². The van der Waals surface area contributed by atoms with Gasteiger partial charge >= 0.3 is 0 Å². The molecular weight excluding hydrogens is 384 g/mol. The second-order valence-electron chi connectivity index (χ2n) is 6.11. The average Bonchev–Trinajstić information content (AvgIpc) is 3.27. The maximum absolute atomic E-state index is 9.63. The zero-order chi connectivity index (χ0) is 17.2. The standard InChI is InChI=1S/C17H19BrN6O/c18-14-10-21-24-15(20-9-12-3-1-5-19-8-12)7-16(22-17(14)24)23-6-2-4-13(23)11-25/h1,3,5,7-8,10,13,20,25H,2,4,6,9,11H2/t13-/m1/s1. The Labute approximate surface area is 153 Å². The lowest BCUT2D eigenvalue weighted by atomic mass is 10.2. The van der Waals surface area contributed by atoms with Gasteiger partial charge in [0.2, 0.25) is 0 Å². The van der Waals surface area contributed by atoms with Gasteiger partial charge in [0.05, 0.1) is 23.3 Å². The number of aromatic nitrogens is 4. The Hall–Kier alpha value is -2.19. The molecule has 130 valence electrons. The van der Waals surface area contributed by atoms with Crippen molar-refractivity contribution in [3.8, 4) is 0 Å². The van der Waals surface area contributed by atoms with E-state index in [1.807, 2.05) is 24.4 Å². The van der Waals surface area contributed by atoms with Gasteiger partial charge in [0.25, 0.3) is 0 Å². The van der Waals surface area contributed by atoms with Gasteiger partial charge < -0.3 is 15.3 Å². The number of aliphatic hydroxyl groups excluding tert-OH is 1. The van der Waals surface area contributed by atoms with Crippen molar-refractivity contribution in [2.24, 2.45) is 0 Å². The molecule has 4 rings (SSSR count). The van der Waals surface area contributed by atoms with Crippen LogP contribution in [0.3, 0.4) is 0 Å².